The van der Waals surface area contributed by atoms with Crippen LogP contribution < -0.4 is 0 Å². The summed E-state index contributed by atoms with van der Waals surface area (Å²) in [6, 6.07) is 0. The van der Waals surface area contributed by atoms with Gasteiger partial charge in [0.25, 0.3) is 0 Å². The summed E-state index contributed by atoms with van der Waals surface area (Å²) in [4.78, 5) is 24.5. The lowest BCUT2D eigenvalue weighted by Gasteiger charge is -1.96. The van der Waals surface area contributed by atoms with Crippen molar-refractivity contribution in [3.8, 4) is 0 Å². The molecule has 6 heteroatoms. The molecule has 0 N–H and O–H groups in total. The van der Waals surface area contributed by atoms with E-state index in [-0.39, 0.29) is 29.2 Å². The molecule has 102 valence electrons. The van der Waals surface area contributed by atoms with Gasteiger partial charge in [-0.05, 0) is 13.8 Å². The lowest BCUT2D eigenvalue weighted by atomic mass is 10.3. The van der Waals surface area contributed by atoms with E-state index in [0.29, 0.717) is 6.61 Å². The van der Waals surface area contributed by atoms with Crippen molar-refractivity contribution in [1.82, 2.24) is 9.55 Å². The van der Waals surface area contributed by atoms with Gasteiger partial charge in [-0.2, -0.15) is 0 Å². The number of hydrogen-bond donors (Lipinski definition) is 0. The second-order valence-corrected chi connectivity index (χ2v) is 3.23. The van der Waals surface area contributed by atoms with Crippen molar-refractivity contribution in [3.05, 3.63) is 31.4 Å². The van der Waals surface area contributed by atoms with E-state index < -0.39 is 5.97 Å². The molecule has 0 aliphatic rings. The van der Waals surface area contributed by atoms with E-state index in [4.69, 9.17) is 0 Å². The van der Waals surface area contributed by atoms with E-state index in [9.17, 15) is 9.59 Å². The minimum atomic E-state index is -0.440. The first-order valence-corrected chi connectivity index (χ1v) is 5.31. The van der Waals surface area contributed by atoms with E-state index in [1.54, 1.807) is 19.4 Å². The summed E-state index contributed by atoms with van der Waals surface area (Å²) in [6.07, 6.45) is 7.16. The van der Waals surface area contributed by atoms with Crippen molar-refractivity contribution in [2.75, 3.05) is 6.61 Å². The highest BCUT2D eigenvalue weighted by molar-refractivity contribution is 8.93. The zero-order chi connectivity index (χ0) is 13.1. The minimum Gasteiger partial charge on any atom is -0.466 e. The fourth-order valence-corrected chi connectivity index (χ4v) is 0.959. The van der Waals surface area contributed by atoms with Gasteiger partial charge in [-0.1, -0.05) is 6.08 Å². The fourth-order valence-electron chi connectivity index (χ4n) is 0.959. The molecule has 1 aromatic rings. The molecular formula is C12H19BrN2O3. The number of esters is 1. The van der Waals surface area contributed by atoms with Crippen LogP contribution in [0.1, 0.15) is 20.3 Å². The van der Waals surface area contributed by atoms with Gasteiger partial charge in [0.15, 0.2) is 0 Å². The largest absolute Gasteiger partial charge is 0.466 e. The van der Waals surface area contributed by atoms with Crippen LogP contribution in [-0.4, -0.2) is 27.9 Å². The van der Waals surface area contributed by atoms with Gasteiger partial charge in [-0.25, -0.2) is 4.98 Å². The van der Waals surface area contributed by atoms with Crippen LogP contribution >= 0.6 is 17.0 Å². The molecule has 0 bridgehead atoms. The molecule has 5 nitrogen and oxygen atoms in total. The van der Waals surface area contributed by atoms with Crippen LogP contribution in [0.5, 0.6) is 0 Å². The smallest absolute Gasteiger partial charge is 0.313 e. The van der Waals surface area contributed by atoms with Crippen LogP contribution in [0.4, 0.5) is 0 Å². The Kier molecular flexibility index (Phi) is 12.7. The van der Waals surface area contributed by atoms with E-state index in [2.05, 4.69) is 16.3 Å². The van der Waals surface area contributed by atoms with Crippen LogP contribution in [0.25, 0.3) is 0 Å². The molecule has 0 saturated carbocycles. The molecular weight excluding hydrogens is 300 g/mol. The van der Waals surface area contributed by atoms with E-state index in [0.717, 1.165) is 6.54 Å². The van der Waals surface area contributed by atoms with E-state index in [1.165, 1.54) is 6.92 Å². The number of ketones is 1. The van der Waals surface area contributed by atoms with Crippen LogP contribution in [-0.2, 0) is 20.9 Å². The number of allylic oxidation sites excluding steroid dienone is 1. The van der Waals surface area contributed by atoms with Crippen molar-refractivity contribution in [1.29, 1.82) is 0 Å². The first kappa shape index (κ1) is 18.9. The van der Waals surface area contributed by atoms with Crippen LogP contribution in [0.15, 0.2) is 31.4 Å². The first-order chi connectivity index (χ1) is 8.10. The van der Waals surface area contributed by atoms with Crippen molar-refractivity contribution >= 4 is 28.7 Å². The number of rotatable bonds is 5. The topological polar surface area (TPSA) is 61.2 Å². The lowest BCUT2D eigenvalue weighted by molar-refractivity contribution is -0.145. The monoisotopic (exact) mass is 318 g/mol. The van der Waals surface area contributed by atoms with Crippen molar-refractivity contribution in [2.45, 2.75) is 26.8 Å². The highest BCUT2D eigenvalue weighted by atomic mass is 79.9. The summed E-state index contributed by atoms with van der Waals surface area (Å²) in [7, 11) is 0. The SMILES string of the molecule is Br.C=CCn1ccnc1.CCOC(=O)CC(C)=O. The lowest BCUT2D eigenvalue weighted by Crippen LogP contribution is -2.07. The second-order valence-electron chi connectivity index (χ2n) is 3.23. The van der Waals surface area contributed by atoms with Gasteiger partial charge in [0.1, 0.15) is 12.2 Å². The van der Waals surface area contributed by atoms with Gasteiger partial charge in [0.2, 0.25) is 0 Å². The Hall–Kier alpha value is -1.43. The molecule has 18 heavy (non-hydrogen) atoms. The number of aromatic nitrogens is 2. The third-order valence-electron chi connectivity index (χ3n) is 1.60. The first-order valence-electron chi connectivity index (χ1n) is 5.31. The summed E-state index contributed by atoms with van der Waals surface area (Å²) in [5, 5.41) is 0. The predicted octanol–water partition coefficient (Wildman–Crippen LogP) is 2.18. The molecule has 0 aliphatic heterocycles. The van der Waals surface area contributed by atoms with E-state index in [1.807, 2.05) is 16.8 Å². The normalized spacial score (nSPS) is 8.33. The quantitative estimate of drug-likeness (QED) is 0.474. The maximum atomic E-state index is 10.4. The molecule has 1 aromatic heterocycles. The molecule has 0 aliphatic carbocycles. The molecule has 0 aromatic carbocycles. The molecule has 0 amide bonds. The fraction of sp³-hybridized carbons (Fsp3) is 0.417. The molecule has 0 spiro atoms. The number of imidazole rings is 1. The van der Waals surface area contributed by atoms with Gasteiger partial charge in [0, 0.05) is 18.9 Å². The van der Waals surface area contributed by atoms with Gasteiger partial charge in [0.05, 0.1) is 12.9 Å². The Balaban J connectivity index is 0. The Morgan fingerprint density at radius 2 is 2.17 bits per heavy atom. The Morgan fingerprint density at radius 3 is 2.56 bits per heavy atom. The summed E-state index contributed by atoms with van der Waals surface area (Å²) < 4.78 is 6.44. The van der Waals surface area contributed by atoms with Crippen molar-refractivity contribution in [2.24, 2.45) is 0 Å². The predicted molar refractivity (Wildman–Crippen MR) is 74.7 cm³/mol. The second kappa shape index (κ2) is 12.0. The molecule has 0 saturated heterocycles. The minimum absolute atomic E-state index is 0. The van der Waals surface area contributed by atoms with Crippen molar-refractivity contribution in [3.63, 3.8) is 0 Å². The number of nitrogens with zero attached hydrogens (tertiary/aromatic N) is 2. The molecule has 0 fully saturated rings. The Morgan fingerprint density at radius 1 is 1.50 bits per heavy atom. The maximum Gasteiger partial charge on any atom is 0.313 e. The maximum absolute atomic E-state index is 10.4. The summed E-state index contributed by atoms with van der Waals surface area (Å²) in [5.41, 5.74) is 0. The number of ether oxygens (including phenoxy) is 1. The van der Waals surface area contributed by atoms with Gasteiger partial charge >= 0.3 is 5.97 Å². The molecule has 1 heterocycles. The Bertz CT molecular complexity index is 350. The van der Waals surface area contributed by atoms with Crippen molar-refractivity contribution < 1.29 is 14.3 Å². The third kappa shape index (κ3) is 11.1. The Labute approximate surface area is 118 Å². The zero-order valence-electron chi connectivity index (χ0n) is 10.7. The summed E-state index contributed by atoms with van der Waals surface area (Å²) in [6.45, 7) is 7.84. The molecule has 0 unspecified atom stereocenters. The van der Waals surface area contributed by atoms with Gasteiger partial charge in [-0.3, -0.25) is 9.59 Å². The average Bonchev–Trinajstić information content (AvgIpc) is 2.71. The average molecular weight is 319 g/mol. The van der Waals surface area contributed by atoms with Gasteiger partial charge in [-0.15, -0.1) is 23.6 Å². The number of halogens is 1. The zero-order valence-corrected chi connectivity index (χ0v) is 12.4. The highest BCUT2D eigenvalue weighted by Crippen LogP contribution is 1.86. The number of Topliss-reactive ketones (excluding diaryl/α,β-unsaturated/α-hetero) is 1. The highest BCUT2D eigenvalue weighted by Gasteiger charge is 2.03. The van der Waals surface area contributed by atoms with Crippen LogP contribution in [0, 0.1) is 0 Å². The molecule has 0 radical (unpaired) electrons. The van der Waals surface area contributed by atoms with Crippen LogP contribution in [0.2, 0.25) is 0 Å². The number of hydrogen-bond acceptors (Lipinski definition) is 4. The number of carbonyl (C=O) groups excluding carboxylic acids is 2. The number of carbonyl (C=O) groups is 2. The van der Waals surface area contributed by atoms with E-state index >= 15 is 0 Å². The van der Waals surface area contributed by atoms with Gasteiger partial charge < -0.3 is 9.30 Å². The summed E-state index contributed by atoms with van der Waals surface area (Å²) in [5.74, 6) is -0.599. The van der Waals surface area contributed by atoms with Crippen LogP contribution in [0.3, 0.4) is 0 Å². The summed E-state index contributed by atoms with van der Waals surface area (Å²) >= 11 is 0. The standard InChI is InChI=1S/C6H8N2.C6H10O3.BrH/c1-2-4-8-5-3-7-6-8;1-3-9-6(8)4-5(2)7;/h2-3,5-6H,1,4H2;3-4H2,1-2H3;1H. The third-order valence-corrected chi connectivity index (χ3v) is 1.60. The molecule has 0 atom stereocenters. The molecule has 1 rings (SSSR count).